The number of hydrogen-bond donors (Lipinski definition) is 3. The quantitative estimate of drug-likeness (QED) is 0.311. The van der Waals surface area contributed by atoms with Gasteiger partial charge in [-0.25, -0.2) is 4.79 Å². The molecule has 0 saturated carbocycles. The number of nitrogens with one attached hydrogen (secondary N) is 3. The summed E-state index contributed by atoms with van der Waals surface area (Å²) in [7, 11) is 0. The van der Waals surface area contributed by atoms with Gasteiger partial charge < -0.3 is 15.4 Å². The lowest BCUT2D eigenvalue weighted by atomic mass is 10.4. The number of esters is 1. The summed E-state index contributed by atoms with van der Waals surface area (Å²) in [6, 6.07) is -0.577. The van der Waals surface area contributed by atoms with Gasteiger partial charge >= 0.3 is 12.0 Å². The second-order valence-electron chi connectivity index (χ2n) is 3.28. The number of hydrogen-bond acceptors (Lipinski definition) is 5. The fraction of sp³-hybridized carbons (Fsp3) is 0.545. The van der Waals surface area contributed by atoms with Gasteiger partial charge in [0, 0.05) is 13.1 Å². The van der Waals surface area contributed by atoms with E-state index in [4.69, 9.17) is 4.74 Å². The van der Waals surface area contributed by atoms with Gasteiger partial charge in [0.1, 0.15) is 0 Å². The maximum Gasteiger partial charge on any atom is 0.321 e. The van der Waals surface area contributed by atoms with Crippen molar-refractivity contribution in [2.45, 2.75) is 13.3 Å². The van der Waals surface area contributed by atoms with Crippen LogP contribution in [0, 0.1) is 0 Å². The van der Waals surface area contributed by atoms with Crippen molar-refractivity contribution in [3.8, 4) is 0 Å². The van der Waals surface area contributed by atoms with Gasteiger partial charge in [-0.1, -0.05) is 6.08 Å². The fourth-order valence-corrected chi connectivity index (χ4v) is 1.01. The maximum atomic E-state index is 11.2. The maximum absolute atomic E-state index is 11.2. The first-order valence-electron chi connectivity index (χ1n) is 5.65. The van der Waals surface area contributed by atoms with Crippen LogP contribution in [0.1, 0.15) is 13.3 Å². The SMILES string of the molecule is C=CCNC(=O)NC(=O)CNCCC(=O)OCC. The zero-order chi connectivity index (χ0) is 13.8. The number of carbonyl (C=O) groups excluding carboxylic acids is 3. The molecule has 0 spiro atoms. The Morgan fingerprint density at radius 2 is 2.06 bits per heavy atom. The molecule has 0 atom stereocenters. The third kappa shape index (κ3) is 9.34. The van der Waals surface area contributed by atoms with E-state index in [-0.39, 0.29) is 25.5 Å². The molecule has 0 radical (unpaired) electrons. The van der Waals surface area contributed by atoms with E-state index < -0.39 is 11.9 Å². The van der Waals surface area contributed by atoms with Gasteiger partial charge in [-0.05, 0) is 6.92 Å². The molecule has 0 fully saturated rings. The minimum Gasteiger partial charge on any atom is -0.466 e. The molecule has 7 nitrogen and oxygen atoms in total. The highest BCUT2D eigenvalue weighted by Gasteiger charge is 2.06. The van der Waals surface area contributed by atoms with Crippen LogP contribution >= 0.6 is 0 Å². The minimum atomic E-state index is -0.577. The summed E-state index contributed by atoms with van der Waals surface area (Å²) >= 11 is 0. The van der Waals surface area contributed by atoms with Crippen LogP contribution in [0.3, 0.4) is 0 Å². The lowest BCUT2D eigenvalue weighted by Crippen LogP contribution is -2.43. The highest BCUT2D eigenvalue weighted by Crippen LogP contribution is 1.83. The van der Waals surface area contributed by atoms with Crippen LogP contribution < -0.4 is 16.0 Å². The minimum absolute atomic E-state index is 0.0408. The molecule has 0 aromatic heterocycles. The molecule has 0 aromatic carbocycles. The summed E-state index contributed by atoms with van der Waals surface area (Å²) in [5, 5.41) is 7.23. The summed E-state index contributed by atoms with van der Waals surface area (Å²) in [6.45, 7) is 6.05. The monoisotopic (exact) mass is 257 g/mol. The van der Waals surface area contributed by atoms with Crippen LogP contribution in [0.25, 0.3) is 0 Å². The van der Waals surface area contributed by atoms with Crippen LogP contribution in [-0.2, 0) is 14.3 Å². The lowest BCUT2D eigenvalue weighted by molar-refractivity contribution is -0.143. The zero-order valence-electron chi connectivity index (χ0n) is 10.5. The molecular weight excluding hydrogens is 238 g/mol. The summed E-state index contributed by atoms with van der Waals surface area (Å²) in [5.41, 5.74) is 0. The van der Waals surface area contributed by atoms with Crippen molar-refractivity contribution in [1.82, 2.24) is 16.0 Å². The summed E-state index contributed by atoms with van der Waals surface area (Å²) in [6.07, 6.45) is 1.69. The third-order valence-corrected chi connectivity index (χ3v) is 1.76. The summed E-state index contributed by atoms with van der Waals surface area (Å²) in [5.74, 6) is -0.797. The first-order valence-corrected chi connectivity index (χ1v) is 5.65. The Balaban J connectivity index is 3.56. The molecule has 0 bridgehead atoms. The molecule has 0 aromatic rings. The van der Waals surface area contributed by atoms with Gasteiger partial charge in [-0.15, -0.1) is 6.58 Å². The first-order chi connectivity index (χ1) is 8.60. The highest BCUT2D eigenvalue weighted by molar-refractivity contribution is 5.95. The molecule has 0 unspecified atom stereocenters. The molecule has 102 valence electrons. The first kappa shape index (κ1) is 16.1. The molecule has 18 heavy (non-hydrogen) atoms. The van der Waals surface area contributed by atoms with Crippen molar-refractivity contribution in [1.29, 1.82) is 0 Å². The number of urea groups is 1. The molecule has 7 heteroatoms. The van der Waals surface area contributed by atoms with E-state index in [0.29, 0.717) is 13.2 Å². The summed E-state index contributed by atoms with van der Waals surface area (Å²) in [4.78, 5) is 33.2. The molecule has 0 aliphatic rings. The predicted molar refractivity (Wildman–Crippen MR) is 65.9 cm³/mol. The Morgan fingerprint density at radius 1 is 1.33 bits per heavy atom. The van der Waals surface area contributed by atoms with Crippen molar-refractivity contribution in [2.75, 3.05) is 26.2 Å². The second kappa shape index (κ2) is 10.3. The number of carbonyl (C=O) groups is 3. The average Bonchev–Trinajstić information content (AvgIpc) is 2.32. The Labute approximate surface area is 106 Å². The van der Waals surface area contributed by atoms with Crippen molar-refractivity contribution in [3.63, 3.8) is 0 Å². The van der Waals surface area contributed by atoms with Gasteiger partial charge in [0.2, 0.25) is 5.91 Å². The van der Waals surface area contributed by atoms with Gasteiger partial charge in [0.05, 0.1) is 19.6 Å². The van der Waals surface area contributed by atoms with Crippen LogP contribution in [-0.4, -0.2) is 44.1 Å². The van der Waals surface area contributed by atoms with Crippen LogP contribution in [0.15, 0.2) is 12.7 Å². The fourth-order valence-electron chi connectivity index (χ4n) is 1.01. The predicted octanol–water partition coefficient (Wildman–Crippen LogP) is -0.459. The number of imide groups is 1. The van der Waals surface area contributed by atoms with Gasteiger partial charge in [0.25, 0.3) is 0 Å². The van der Waals surface area contributed by atoms with Gasteiger partial charge in [-0.2, -0.15) is 0 Å². The second-order valence-corrected chi connectivity index (χ2v) is 3.28. The molecule has 3 amide bonds. The van der Waals surface area contributed by atoms with Crippen molar-refractivity contribution in [2.24, 2.45) is 0 Å². The molecule has 0 aliphatic heterocycles. The van der Waals surface area contributed by atoms with E-state index in [0.717, 1.165) is 0 Å². The Kier molecular flexibility index (Phi) is 9.20. The highest BCUT2D eigenvalue weighted by atomic mass is 16.5. The van der Waals surface area contributed by atoms with Crippen molar-refractivity contribution < 1.29 is 19.1 Å². The Morgan fingerprint density at radius 3 is 2.67 bits per heavy atom. The zero-order valence-corrected chi connectivity index (χ0v) is 10.5. The van der Waals surface area contributed by atoms with Gasteiger partial charge in [0.15, 0.2) is 0 Å². The Hall–Kier alpha value is -1.89. The van der Waals surface area contributed by atoms with E-state index in [1.165, 1.54) is 6.08 Å². The van der Waals surface area contributed by atoms with Crippen LogP contribution in [0.2, 0.25) is 0 Å². The van der Waals surface area contributed by atoms with E-state index in [9.17, 15) is 14.4 Å². The number of amides is 3. The topological polar surface area (TPSA) is 96.5 Å². The van der Waals surface area contributed by atoms with E-state index in [1.807, 2.05) is 0 Å². The normalized spacial score (nSPS) is 9.39. The molecule has 0 aliphatic carbocycles. The van der Waals surface area contributed by atoms with Gasteiger partial charge in [-0.3, -0.25) is 14.9 Å². The van der Waals surface area contributed by atoms with Crippen LogP contribution in [0.4, 0.5) is 4.79 Å². The Bertz CT molecular complexity index is 305. The molecular formula is C11H19N3O4. The standard InChI is InChI=1S/C11H19N3O4/c1-3-6-13-11(17)14-9(15)8-12-7-5-10(16)18-4-2/h3,12H,1,4-8H2,2H3,(H2,13,14,15,17). The average molecular weight is 257 g/mol. The molecule has 3 N–H and O–H groups in total. The van der Waals surface area contributed by atoms with Crippen molar-refractivity contribution in [3.05, 3.63) is 12.7 Å². The molecule has 0 heterocycles. The number of rotatable bonds is 8. The van der Waals surface area contributed by atoms with E-state index >= 15 is 0 Å². The van der Waals surface area contributed by atoms with Crippen molar-refractivity contribution >= 4 is 17.9 Å². The van der Waals surface area contributed by atoms with Crippen LogP contribution in [0.5, 0.6) is 0 Å². The largest absolute Gasteiger partial charge is 0.466 e. The summed E-state index contributed by atoms with van der Waals surface area (Å²) < 4.78 is 4.70. The lowest BCUT2D eigenvalue weighted by Gasteiger charge is -2.06. The smallest absolute Gasteiger partial charge is 0.321 e. The third-order valence-electron chi connectivity index (χ3n) is 1.76. The van der Waals surface area contributed by atoms with E-state index in [1.54, 1.807) is 6.92 Å². The van der Waals surface area contributed by atoms with E-state index in [2.05, 4.69) is 22.5 Å². The number of ether oxygens (including phenoxy) is 1. The molecule has 0 rings (SSSR count). The molecule has 0 saturated heterocycles.